The van der Waals surface area contributed by atoms with Gasteiger partial charge in [0.2, 0.25) is 0 Å². The van der Waals surface area contributed by atoms with Gasteiger partial charge >= 0.3 is 0 Å². The van der Waals surface area contributed by atoms with E-state index in [0.717, 1.165) is 23.5 Å². The smallest absolute Gasteiger partial charge is 0.0684 e. The van der Waals surface area contributed by atoms with E-state index in [2.05, 4.69) is 72.3 Å². The van der Waals surface area contributed by atoms with Crippen LogP contribution in [-0.4, -0.2) is 13.3 Å². The van der Waals surface area contributed by atoms with E-state index < -0.39 is 0 Å². The summed E-state index contributed by atoms with van der Waals surface area (Å²) in [5.74, 6) is 0.838. The topological polar surface area (TPSA) is 39.7 Å². The summed E-state index contributed by atoms with van der Waals surface area (Å²) >= 11 is 0. The fourth-order valence-electron chi connectivity index (χ4n) is 2.59. The number of hydrogen-bond donors (Lipinski definition) is 2. The van der Waals surface area contributed by atoms with Crippen molar-refractivity contribution in [3.8, 4) is 0 Å². The number of nitrogens with zero attached hydrogens (tertiary/aromatic N) is 2. The molecule has 0 bridgehead atoms. The van der Waals surface area contributed by atoms with Gasteiger partial charge in [-0.1, -0.05) is 61.2 Å². The second kappa shape index (κ2) is 13.1. The Morgan fingerprint density at radius 3 is 2.38 bits per heavy atom. The molecule has 0 saturated carbocycles. The Hall–Kier alpha value is -2.17. The first-order chi connectivity index (χ1) is 13.5. The average molecular weight is 462 g/mol. The van der Waals surface area contributed by atoms with Crippen LogP contribution in [0.2, 0.25) is 0 Å². The van der Waals surface area contributed by atoms with Crippen molar-refractivity contribution in [1.82, 2.24) is 10.7 Å². The standard InChI is InChI=1S/C24H29N4.Y/c1-6-26-27-18-19(2)20(3)23-14-12-22(13-15-23)16-17-25-21(4)28(5)24-10-8-7-9-11-24;/h6-15,17-18,25-26H,1,4,16H2,2-3,5H3;/q-1;/b20-19+,27-18-;. The number of anilines is 1. The molecule has 2 rings (SSSR count). The van der Waals surface area contributed by atoms with Gasteiger partial charge in [0.25, 0.3) is 0 Å². The molecular weight excluding hydrogens is 433 g/mol. The Labute approximate surface area is 200 Å². The zero-order valence-corrected chi connectivity index (χ0v) is 20.4. The van der Waals surface area contributed by atoms with Crippen LogP contribution in [0.3, 0.4) is 0 Å². The fourth-order valence-corrected chi connectivity index (χ4v) is 2.59. The van der Waals surface area contributed by atoms with Crippen molar-refractivity contribution in [1.29, 1.82) is 0 Å². The van der Waals surface area contributed by atoms with Crippen LogP contribution in [0.25, 0.3) is 5.57 Å². The average Bonchev–Trinajstić information content (AvgIpc) is 2.73. The van der Waals surface area contributed by atoms with Crippen molar-refractivity contribution in [2.75, 3.05) is 11.9 Å². The summed E-state index contributed by atoms with van der Waals surface area (Å²) in [5.41, 5.74) is 8.55. The Balaban J connectivity index is 0.00000420. The van der Waals surface area contributed by atoms with Gasteiger partial charge in [-0.15, -0.1) is 6.42 Å². The fraction of sp³-hybridized carbons (Fsp3) is 0.167. The molecule has 2 N–H and O–H groups in total. The van der Waals surface area contributed by atoms with E-state index in [1.165, 1.54) is 16.7 Å². The molecule has 1 radical (unpaired) electrons. The first kappa shape index (κ1) is 24.9. The largest absolute Gasteiger partial charge is 0.521 e. The number of nitrogens with one attached hydrogen (secondary N) is 2. The summed E-state index contributed by atoms with van der Waals surface area (Å²) in [6.45, 7) is 13.8. The monoisotopic (exact) mass is 462 g/mol. The molecule has 0 aliphatic heterocycles. The van der Waals surface area contributed by atoms with Gasteiger partial charge in [-0.05, 0) is 42.7 Å². The molecule has 0 atom stereocenters. The van der Waals surface area contributed by atoms with Crippen molar-refractivity contribution in [2.24, 2.45) is 5.10 Å². The van der Waals surface area contributed by atoms with Crippen molar-refractivity contribution in [3.63, 3.8) is 0 Å². The molecule has 4 nitrogen and oxygen atoms in total. The maximum absolute atomic E-state index is 4.10. The molecule has 2 aromatic rings. The van der Waals surface area contributed by atoms with Crippen LogP contribution in [0, 0.1) is 6.54 Å². The third-order valence-corrected chi connectivity index (χ3v) is 4.56. The normalized spacial score (nSPS) is 11.3. The Morgan fingerprint density at radius 1 is 1.10 bits per heavy atom. The van der Waals surface area contributed by atoms with Gasteiger partial charge < -0.3 is 10.2 Å². The molecule has 0 unspecified atom stereocenters. The minimum Gasteiger partial charge on any atom is -0.521 e. The summed E-state index contributed by atoms with van der Waals surface area (Å²) in [6.07, 6.45) is 4.16. The molecular formula is C24H29N4Y-. The number of hydrazone groups is 1. The molecule has 0 spiro atoms. The number of rotatable bonds is 10. The summed E-state index contributed by atoms with van der Waals surface area (Å²) in [7, 11) is 2.00. The van der Waals surface area contributed by atoms with Crippen LogP contribution >= 0.6 is 0 Å². The zero-order chi connectivity index (χ0) is 20.4. The van der Waals surface area contributed by atoms with E-state index in [0.29, 0.717) is 0 Å². The molecule has 5 heteroatoms. The summed E-state index contributed by atoms with van der Waals surface area (Å²) < 4.78 is 0. The Kier molecular flexibility index (Phi) is 11.3. The molecule has 29 heavy (non-hydrogen) atoms. The maximum atomic E-state index is 4.10. The minimum absolute atomic E-state index is 0. The second-order valence-electron chi connectivity index (χ2n) is 6.49. The van der Waals surface area contributed by atoms with Gasteiger partial charge in [0.1, 0.15) is 0 Å². The second-order valence-corrected chi connectivity index (χ2v) is 6.49. The van der Waals surface area contributed by atoms with E-state index in [1.807, 2.05) is 43.6 Å². The van der Waals surface area contributed by atoms with Crippen molar-refractivity contribution in [2.45, 2.75) is 20.3 Å². The molecule has 2 aromatic carbocycles. The van der Waals surface area contributed by atoms with Crippen LogP contribution < -0.4 is 15.6 Å². The number of allylic oxidation sites excluding steroid dienone is 2. The van der Waals surface area contributed by atoms with Gasteiger partial charge in [-0.3, -0.25) is 5.43 Å². The molecule has 0 amide bonds. The number of benzene rings is 2. The summed E-state index contributed by atoms with van der Waals surface area (Å²) in [4.78, 5) is 2.03. The quantitative estimate of drug-likeness (QED) is 0.293. The van der Waals surface area contributed by atoms with Crippen LogP contribution in [0.1, 0.15) is 25.0 Å². The van der Waals surface area contributed by atoms with E-state index in [4.69, 9.17) is 0 Å². The first-order valence-corrected chi connectivity index (χ1v) is 9.25. The SMILES string of the molecule is C=CN/N=C\C(C)=C(/C)c1ccc(C[CH-]NC(=C)N(C)c2ccccc2)cc1.[Y]. The molecule has 0 aliphatic rings. The Morgan fingerprint density at radius 2 is 1.76 bits per heavy atom. The van der Waals surface area contributed by atoms with Gasteiger partial charge in [-0.25, -0.2) is 6.54 Å². The van der Waals surface area contributed by atoms with Crippen LogP contribution in [0.5, 0.6) is 0 Å². The van der Waals surface area contributed by atoms with Crippen molar-refractivity contribution < 1.29 is 32.7 Å². The van der Waals surface area contributed by atoms with Crippen molar-refractivity contribution in [3.05, 3.63) is 103 Å². The van der Waals surface area contributed by atoms with E-state index in [1.54, 1.807) is 12.4 Å². The molecule has 0 saturated heterocycles. The molecule has 0 fully saturated rings. The first-order valence-electron chi connectivity index (χ1n) is 9.25. The molecule has 0 heterocycles. The van der Waals surface area contributed by atoms with E-state index in [9.17, 15) is 0 Å². The van der Waals surface area contributed by atoms with E-state index >= 15 is 0 Å². The third-order valence-electron chi connectivity index (χ3n) is 4.56. The van der Waals surface area contributed by atoms with Crippen LogP contribution in [-0.2, 0) is 39.1 Å². The molecule has 0 aromatic heterocycles. The van der Waals surface area contributed by atoms with Gasteiger partial charge in [0, 0.05) is 51.6 Å². The summed E-state index contributed by atoms with van der Waals surface area (Å²) in [6, 6.07) is 18.7. The number of para-hydroxylation sites is 1. The van der Waals surface area contributed by atoms with Gasteiger partial charge in [0.05, 0.1) is 12.0 Å². The minimum atomic E-state index is 0. The Bertz CT molecular complexity index is 839. The van der Waals surface area contributed by atoms with E-state index in [-0.39, 0.29) is 32.7 Å². The van der Waals surface area contributed by atoms with Gasteiger partial charge in [0.15, 0.2) is 0 Å². The van der Waals surface area contributed by atoms with Gasteiger partial charge in [-0.2, -0.15) is 5.10 Å². The zero-order valence-electron chi connectivity index (χ0n) is 17.5. The third kappa shape index (κ3) is 8.00. The summed E-state index contributed by atoms with van der Waals surface area (Å²) in [5, 5.41) is 7.35. The number of hydrogen-bond acceptors (Lipinski definition) is 4. The van der Waals surface area contributed by atoms with Crippen molar-refractivity contribution >= 4 is 17.5 Å². The predicted molar refractivity (Wildman–Crippen MR) is 122 cm³/mol. The molecule has 149 valence electrons. The molecule has 0 aliphatic carbocycles. The van der Waals surface area contributed by atoms with Crippen LogP contribution in [0.15, 0.2) is 90.5 Å². The maximum Gasteiger partial charge on any atom is 0.0684 e. The van der Waals surface area contributed by atoms with Crippen LogP contribution in [0.4, 0.5) is 5.69 Å². The predicted octanol–water partition coefficient (Wildman–Crippen LogP) is 5.10.